The Kier molecular flexibility index (Phi) is 9.42. The summed E-state index contributed by atoms with van der Waals surface area (Å²) in [6, 6.07) is 7.13. The highest BCUT2D eigenvalue weighted by molar-refractivity contribution is 5.88. The first-order valence-electron chi connectivity index (χ1n) is 10.8. The lowest BCUT2D eigenvalue weighted by molar-refractivity contribution is -0.692. The van der Waals surface area contributed by atoms with Crippen LogP contribution in [0, 0.1) is 0 Å². The second kappa shape index (κ2) is 11.8. The molecular weight excluding hydrogens is 464 g/mol. The summed E-state index contributed by atoms with van der Waals surface area (Å²) in [6.45, 7) is 4.67. The van der Waals surface area contributed by atoms with Crippen molar-refractivity contribution in [2.24, 2.45) is 14.1 Å². The van der Waals surface area contributed by atoms with Crippen LogP contribution >= 0.6 is 0 Å². The molecule has 0 aliphatic heterocycles. The first-order valence-corrected chi connectivity index (χ1v) is 10.8. The maximum absolute atomic E-state index is 12.5. The molecule has 2 unspecified atom stereocenters. The predicted octanol–water partition coefficient (Wildman–Crippen LogP) is -3.82. The minimum absolute atomic E-state index is 0. The third kappa shape index (κ3) is 6.46. The number of amides is 1. The molecule has 0 bridgehead atoms. The van der Waals surface area contributed by atoms with Crippen LogP contribution in [-0.2, 0) is 25.4 Å². The molecule has 2 atom stereocenters. The number of hydrogen-bond donors (Lipinski definition) is 3. The summed E-state index contributed by atoms with van der Waals surface area (Å²) in [5, 5.41) is 15.0. The van der Waals surface area contributed by atoms with Gasteiger partial charge >= 0.3 is 5.69 Å². The van der Waals surface area contributed by atoms with Gasteiger partial charge in [-0.2, -0.15) is 0 Å². The molecule has 12 heteroatoms. The largest absolute Gasteiger partial charge is 1.00 e. The number of rotatable bonds is 10. The number of quaternary nitrogens is 1. The average Bonchev–Trinajstić information content (AvgIpc) is 3.22. The number of halogens is 1. The van der Waals surface area contributed by atoms with Crippen LogP contribution in [0.1, 0.15) is 20.3 Å². The van der Waals surface area contributed by atoms with Gasteiger partial charge in [0.15, 0.2) is 11.2 Å². The fraction of sp³-hybridized carbons (Fsp3) is 0.455. The molecule has 3 rings (SSSR count). The Labute approximate surface area is 202 Å². The molecular formula is C22H31ClN6O5. The summed E-state index contributed by atoms with van der Waals surface area (Å²) in [6.07, 6.45) is 1.67. The van der Waals surface area contributed by atoms with E-state index in [1.165, 1.54) is 18.5 Å². The number of fused-ring (bicyclic) bond motifs is 1. The van der Waals surface area contributed by atoms with Gasteiger partial charge in [-0.15, -0.1) is 0 Å². The lowest BCUT2D eigenvalue weighted by Gasteiger charge is -2.15. The number of benzene rings is 1. The topological polar surface area (TPSA) is 137 Å². The van der Waals surface area contributed by atoms with Crippen LogP contribution in [0.3, 0.4) is 0 Å². The Morgan fingerprint density at radius 3 is 2.53 bits per heavy atom. The van der Waals surface area contributed by atoms with Crippen molar-refractivity contribution in [3.63, 3.8) is 0 Å². The van der Waals surface area contributed by atoms with Crippen LogP contribution in [0.2, 0.25) is 0 Å². The molecule has 0 spiro atoms. The normalized spacial score (nSPS) is 12.7. The van der Waals surface area contributed by atoms with E-state index in [0.717, 1.165) is 11.0 Å². The number of anilines is 1. The second-order valence-electron chi connectivity index (χ2n) is 8.22. The van der Waals surface area contributed by atoms with Gasteiger partial charge in [-0.25, -0.2) is 9.78 Å². The molecule has 2 heterocycles. The van der Waals surface area contributed by atoms with E-state index >= 15 is 0 Å². The number of aliphatic hydroxyl groups excluding tert-OH is 1. The quantitative estimate of drug-likeness (QED) is 0.264. The maximum Gasteiger partial charge on any atom is 0.332 e. The van der Waals surface area contributed by atoms with E-state index < -0.39 is 11.8 Å². The molecule has 3 aromatic rings. The number of nitrogens with zero attached hydrogens (tertiary/aromatic N) is 4. The van der Waals surface area contributed by atoms with Crippen LogP contribution < -0.4 is 39.0 Å². The molecule has 0 saturated carbocycles. The molecule has 0 aliphatic rings. The van der Waals surface area contributed by atoms with E-state index in [9.17, 15) is 19.5 Å². The number of aryl methyl sites for hydroxylation is 2. The van der Waals surface area contributed by atoms with Gasteiger partial charge in [0.05, 0.1) is 12.4 Å². The molecule has 11 nitrogen and oxygen atoms in total. The Bertz CT molecular complexity index is 1230. The first-order chi connectivity index (χ1) is 15.7. The number of carbonyl (C=O) groups excluding carboxylic acids is 1. The minimum Gasteiger partial charge on any atom is -1.00 e. The second-order valence-corrected chi connectivity index (χ2v) is 8.22. The van der Waals surface area contributed by atoms with Gasteiger partial charge in [0.2, 0.25) is 5.91 Å². The molecule has 0 aliphatic carbocycles. The molecule has 4 N–H and O–H groups in total. The zero-order valence-corrected chi connectivity index (χ0v) is 20.5. The lowest BCUT2D eigenvalue weighted by atomic mass is 10.2. The van der Waals surface area contributed by atoms with Crippen molar-refractivity contribution >= 4 is 22.8 Å². The Morgan fingerprint density at radius 2 is 1.88 bits per heavy atom. The molecule has 0 saturated heterocycles. The highest BCUT2D eigenvalue weighted by atomic mass is 35.5. The van der Waals surface area contributed by atoms with Gasteiger partial charge in [0.1, 0.15) is 25.0 Å². The number of nitrogens with two attached hydrogens (primary N) is 1. The fourth-order valence-corrected chi connectivity index (χ4v) is 3.51. The van der Waals surface area contributed by atoms with Crippen molar-refractivity contribution in [3.8, 4) is 5.75 Å². The fourth-order valence-electron chi connectivity index (χ4n) is 3.51. The zero-order chi connectivity index (χ0) is 24.1. The third-order valence-corrected chi connectivity index (χ3v) is 5.47. The standard InChI is InChI=1S/C22H30N6O5.ClH/c1-14(9-10-28-13-24-20-19(28)21(31)27(4)22(32)26(20)3)23-11-17(30)12-33-18-7-5-16(6-8-18)25-15(2)29;/h5-8,13-14,17,23,30H,9-12H2,1-4H3,(H,25,29);1H. The van der Waals surface area contributed by atoms with Gasteiger partial charge in [-0.3, -0.25) is 18.7 Å². The van der Waals surface area contributed by atoms with Crippen LogP contribution in [0.25, 0.3) is 11.2 Å². The van der Waals surface area contributed by atoms with Crippen LogP contribution in [0.5, 0.6) is 5.75 Å². The number of hydrogen-bond acceptors (Lipinski definition) is 6. The number of nitrogens with one attached hydrogen (secondary N) is 1. The van der Waals surface area contributed by atoms with Gasteiger partial charge in [0, 0.05) is 39.7 Å². The van der Waals surface area contributed by atoms with Crippen molar-refractivity contribution in [1.29, 1.82) is 0 Å². The molecule has 34 heavy (non-hydrogen) atoms. The molecule has 1 amide bonds. The van der Waals surface area contributed by atoms with Gasteiger partial charge in [-0.1, -0.05) is 0 Å². The van der Waals surface area contributed by atoms with E-state index in [0.29, 0.717) is 35.7 Å². The molecule has 0 fully saturated rings. The predicted molar refractivity (Wildman–Crippen MR) is 123 cm³/mol. The van der Waals surface area contributed by atoms with E-state index in [-0.39, 0.29) is 36.5 Å². The maximum atomic E-state index is 12.5. The molecule has 186 valence electrons. The van der Waals surface area contributed by atoms with Crippen molar-refractivity contribution in [2.45, 2.75) is 39.0 Å². The van der Waals surface area contributed by atoms with E-state index in [1.807, 2.05) is 12.2 Å². The minimum atomic E-state index is -0.654. The smallest absolute Gasteiger partial charge is 0.332 e. The third-order valence-electron chi connectivity index (χ3n) is 5.47. The average molecular weight is 495 g/mol. The first kappa shape index (κ1) is 27.1. The van der Waals surface area contributed by atoms with Crippen molar-refractivity contribution in [1.82, 2.24) is 18.7 Å². The molecule has 0 radical (unpaired) electrons. The van der Waals surface area contributed by atoms with Gasteiger partial charge in [-0.05, 0) is 31.2 Å². The molecule has 2 aromatic heterocycles. The Balaban J connectivity index is 0.00000408. The SMILES string of the molecule is CC(=O)Nc1ccc(OCC(O)C[NH2+]C(C)CCn2cnc3c2c(=O)n(C)c(=O)n3C)cc1.[Cl-]. The number of ether oxygens (including phenoxy) is 1. The van der Waals surface area contributed by atoms with E-state index in [1.54, 1.807) is 42.2 Å². The Hall–Kier alpha value is -3.15. The summed E-state index contributed by atoms with van der Waals surface area (Å²) >= 11 is 0. The summed E-state index contributed by atoms with van der Waals surface area (Å²) in [4.78, 5) is 39.8. The highest BCUT2D eigenvalue weighted by Crippen LogP contribution is 2.15. The molecule has 1 aromatic carbocycles. The summed E-state index contributed by atoms with van der Waals surface area (Å²) < 4.78 is 9.83. The van der Waals surface area contributed by atoms with Crippen molar-refractivity contribution in [2.75, 3.05) is 18.5 Å². The van der Waals surface area contributed by atoms with E-state index in [4.69, 9.17) is 4.74 Å². The van der Waals surface area contributed by atoms with Crippen LogP contribution in [-0.4, -0.2) is 55.0 Å². The monoisotopic (exact) mass is 494 g/mol. The lowest BCUT2D eigenvalue weighted by Crippen LogP contribution is -3.00. The Morgan fingerprint density at radius 1 is 1.21 bits per heavy atom. The van der Waals surface area contributed by atoms with Gasteiger partial charge < -0.3 is 37.5 Å². The number of carbonyl (C=O) groups is 1. The van der Waals surface area contributed by atoms with Gasteiger partial charge in [0.25, 0.3) is 5.56 Å². The summed E-state index contributed by atoms with van der Waals surface area (Å²) in [5.41, 5.74) is 0.699. The number of aromatic nitrogens is 4. The number of imidazole rings is 1. The number of aliphatic hydroxyl groups is 1. The zero-order valence-electron chi connectivity index (χ0n) is 19.7. The summed E-state index contributed by atoms with van der Waals surface area (Å²) in [5.74, 6) is 0.470. The highest BCUT2D eigenvalue weighted by Gasteiger charge is 2.16. The van der Waals surface area contributed by atoms with Crippen molar-refractivity contribution in [3.05, 3.63) is 51.4 Å². The van der Waals surface area contributed by atoms with Crippen LogP contribution in [0.4, 0.5) is 5.69 Å². The van der Waals surface area contributed by atoms with Crippen LogP contribution in [0.15, 0.2) is 40.2 Å². The van der Waals surface area contributed by atoms with Crippen molar-refractivity contribution < 1.29 is 32.4 Å². The summed E-state index contributed by atoms with van der Waals surface area (Å²) in [7, 11) is 3.05. The van der Waals surface area contributed by atoms with E-state index in [2.05, 4.69) is 10.3 Å².